The molecule has 0 aromatic carbocycles. The first-order valence-electron chi connectivity index (χ1n) is 8.79. The summed E-state index contributed by atoms with van der Waals surface area (Å²) in [6, 6.07) is 1.96. The van der Waals surface area contributed by atoms with E-state index in [0.29, 0.717) is 43.1 Å². The number of nitrogens with zero attached hydrogens (tertiary/aromatic N) is 5. The predicted molar refractivity (Wildman–Crippen MR) is 93.6 cm³/mol. The molecule has 9 heteroatoms. The molecule has 3 rings (SSSR count). The lowest BCUT2D eigenvalue weighted by atomic mass is 10.1. The molecule has 1 saturated heterocycles. The van der Waals surface area contributed by atoms with Gasteiger partial charge in [0.25, 0.3) is 5.91 Å². The lowest BCUT2D eigenvalue weighted by Gasteiger charge is -2.26. The maximum absolute atomic E-state index is 12.7. The van der Waals surface area contributed by atoms with E-state index in [0.717, 1.165) is 19.3 Å². The van der Waals surface area contributed by atoms with E-state index in [-0.39, 0.29) is 11.6 Å². The lowest BCUT2D eigenvalue weighted by molar-refractivity contribution is 0.0750. The highest BCUT2D eigenvalue weighted by Crippen LogP contribution is 2.18. The van der Waals surface area contributed by atoms with Gasteiger partial charge >= 0.3 is 5.69 Å². The molecular weight excluding hydrogens is 336 g/mol. The Morgan fingerprint density at radius 1 is 1.35 bits per heavy atom. The number of carbonyl (C=O) groups excluding carboxylic acids is 1. The van der Waals surface area contributed by atoms with Crippen molar-refractivity contribution in [2.75, 3.05) is 20.1 Å². The monoisotopic (exact) mass is 360 g/mol. The minimum Gasteiger partial charge on any atom is -0.340 e. The predicted octanol–water partition coefficient (Wildman–Crippen LogP) is 0.896. The lowest BCUT2D eigenvalue weighted by Crippen LogP contribution is -2.36. The summed E-state index contributed by atoms with van der Waals surface area (Å²) in [5.74, 6) is 1.05. The Morgan fingerprint density at radius 3 is 2.85 bits per heavy atom. The second-order valence-electron chi connectivity index (χ2n) is 6.78. The van der Waals surface area contributed by atoms with E-state index in [9.17, 15) is 9.59 Å². The fourth-order valence-corrected chi connectivity index (χ4v) is 3.33. The number of rotatable bonds is 4. The topological polar surface area (TPSA) is 108 Å². The minimum absolute atomic E-state index is 0.184. The molecule has 0 spiro atoms. The third kappa shape index (κ3) is 4.34. The van der Waals surface area contributed by atoms with Gasteiger partial charge in [0.1, 0.15) is 5.69 Å². The number of amides is 1. The van der Waals surface area contributed by atoms with E-state index in [1.54, 1.807) is 24.8 Å². The van der Waals surface area contributed by atoms with Gasteiger partial charge in [0.05, 0.1) is 6.54 Å². The van der Waals surface area contributed by atoms with Gasteiger partial charge < -0.3 is 14.4 Å². The molecule has 140 valence electrons. The summed E-state index contributed by atoms with van der Waals surface area (Å²) < 4.78 is 5.02. The van der Waals surface area contributed by atoms with Crippen molar-refractivity contribution in [3.05, 3.63) is 39.7 Å². The summed E-state index contributed by atoms with van der Waals surface area (Å²) in [5.41, 5.74) is 0.354. The Labute approximate surface area is 151 Å². The summed E-state index contributed by atoms with van der Waals surface area (Å²) in [6.07, 6.45) is 2.73. The van der Waals surface area contributed by atoms with Crippen molar-refractivity contribution >= 4 is 5.91 Å². The number of carbonyl (C=O) groups is 1. The van der Waals surface area contributed by atoms with E-state index in [4.69, 9.17) is 4.52 Å². The quantitative estimate of drug-likeness (QED) is 0.863. The number of aromatic nitrogens is 4. The third-order valence-electron chi connectivity index (χ3n) is 4.67. The van der Waals surface area contributed by atoms with E-state index < -0.39 is 5.69 Å². The highest BCUT2D eigenvalue weighted by atomic mass is 16.5. The summed E-state index contributed by atoms with van der Waals surface area (Å²) in [7, 11) is 2.04. The second kappa shape index (κ2) is 7.77. The zero-order valence-electron chi connectivity index (χ0n) is 15.4. The Balaban J connectivity index is 1.62. The smallest absolute Gasteiger partial charge is 0.340 e. The van der Waals surface area contributed by atoms with Crippen LogP contribution in [0.15, 0.2) is 15.4 Å². The highest BCUT2D eigenvalue weighted by molar-refractivity contribution is 5.92. The van der Waals surface area contributed by atoms with Crippen LogP contribution in [0.2, 0.25) is 0 Å². The Kier molecular flexibility index (Phi) is 5.46. The first-order valence-corrected chi connectivity index (χ1v) is 8.79. The number of hydrogen-bond acceptors (Lipinski definition) is 7. The molecule has 1 N–H and O–H groups in total. The molecule has 0 radical (unpaired) electrons. The van der Waals surface area contributed by atoms with Gasteiger partial charge in [-0.15, -0.1) is 0 Å². The van der Waals surface area contributed by atoms with Crippen LogP contribution in [0.3, 0.4) is 0 Å². The molecule has 26 heavy (non-hydrogen) atoms. The van der Waals surface area contributed by atoms with Crippen LogP contribution in [-0.4, -0.2) is 62.0 Å². The largest absolute Gasteiger partial charge is 0.345 e. The van der Waals surface area contributed by atoms with Crippen LogP contribution in [0.25, 0.3) is 0 Å². The van der Waals surface area contributed by atoms with Crippen molar-refractivity contribution in [1.29, 1.82) is 0 Å². The summed E-state index contributed by atoms with van der Waals surface area (Å²) >= 11 is 0. The van der Waals surface area contributed by atoms with Gasteiger partial charge in [0.15, 0.2) is 5.82 Å². The fraction of sp³-hybridized carbons (Fsp3) is 0.588. The molecule has 1 aliphatic heterocycles. The van der Waals surface area contributed by atoms with E-state index in [2.05, 4.69) is 25.0 Å². The molecule has 1 atom stereocenters. The van der Waals surface area contributed by atoms with Crippen molar-refractivity contribution in [3.63, 3.8) is 0 Å². The van der Waals surface area contributed by atoms with Crippen molar-refractivity contribution in [2.24, 2.45) is 0 Å². The van der Waals surface area contributed by atoms with E-state index in [1.807, 2.05) is 7.05 Å². The van der Waals surface area contributed by atoms with Crippen molar-refractivity contribution in [3.8, 4) is 0 Å². The van der Waals surface area contributed by atoms with Crippen molar-refractivity contribution in [1.82, 2.24) is 29.9 Å². The SMILES string of the molecule is Cc1cc(C(=O)N2CCC[C@@H](N(C)Cc3noc(C)n3)CC2)nc(=O)[nH]1. The summed E-state index contributed by atoms with van der Waals surface area (Å²) in [6.45, 7) is 5.43. The molecule has 0 aliphatic carbocycles. The van der Waals surface area contributed by atoms with Gasteiger partial charge in [-0.25, -0.2) is 4.79 Å². The maximum Gasteiger partial charge on any atom is 0.345 e. The van der Waals surface area contributed by atoms with Crippen LogP contribution < -0.4 is 5.69 Å². The van der Waals surface area contributed by atoms with Crippen LogP contribution in [-0.2, 0) is 6.54 Å². The van der Waals surface area contributed by atoms with Gasteiger partial charge in [-0.1, -0.05) is 5.16 Å². The van der Waals surface area contributed by atoms with Gasteiger partial charge in [-0.05, 0) is 39.3 Å². The zero-order valence-corrected chi connectivity index (χ0v) is 15.4. The molecule has 0 unspecified atom stereocenters. The molecular formula is C17H24N6O3. The van der Waals surface area contributed by atoms with Crippen LogP contribution in [0.5, 0.6) is 0 Å². The fourth-order valence-electron chi connectivity index (χ4n) is 3.33. The second-order valence-corrected chi connectivity index (χ2v) is 6.78. The number of H-pyrrole nitrogens is 1. The molecule has 2 aromatic rings. The van der Waals surface area contributed by atoms with Crippen LogP contribution in [0.1, 0.15) is 47.2 Å². The van der Waals surface area contributed by atoms with Gasteiger partial charge in [0, 0.05) is 31.7 Å². The summed E-state index contributed by atoms with van der Waals surface area (Å²) in [4.78, 5) is 38.8. The molecule has 1 aliphatic rings. The van der Waals surface area contributed by atoms with E-state index >= 15 is 0 Å². The molecule has 2 aromatic heterocycles. The van der Waals surface area contributed by atoms with Crippen LogP contribution in [0.4, 0.5) is 0 Å². The van der Waals surface area contributed by atoms with Crippen LogP contribution >= 0.6 is 0 Å². The molecule has 1 fully saturated rings. The average molecular weight is 360 g/mol. The standard InChI is InChI=1S/C17H24N6O3/c1-11-9-14(20-17(25)18-11)16(24)23-7-4-5-13(6-8-23)22(3)10-15-19-12(2)26-21-15/h9,13H,4-8,10H2,1-3H3,(H,18,20,25)/t13-/m1/s1. The van der Waals surface area contributed by atoms with Crippen molar-refractivity contribution in [2.45, 2.75) is 45.7 Å². The van der Waals surface area contributed by atoms with Crippen LogP contribution in [0, 0.1) is 13.8 Å². The van der Waals surface area contributed by atoms with Gasteiger partial charge in [0.2, 0.25) is 5.89 Å². The van der Waals surface area contributed by atoms with Crippen molar-refractivity contribution < 1.29 is 9.32 Å². The molecule has 0 saturated carbocycles. The Morgan fingerprint density at radius 2 is 2.15 bits per heavy atom. The molecule has 3 heterocycles. The third-order valence-corrected chi connectivity index (χ3v) is 4.67. The molecule has 9 nitrogen and oxygen atoms in total. The summed E-state index contributed by atoms with van der Waals surface area (Å²) in [5, 5.41) is 3.94. The van der Waals surface area contributed by atoms with Gasteiger partial charge in [-0.2, -0.15) is 9.97 Å². The highest BCUT2D eigenvalue weighted by Gasteiger charge is 2.25. The molecule has 1 amide bonds. The molecule has 0 bridgehead atoms. The number of hydrogen-bond donors (Lipinski definition) is 1. The number of nitrogens with one attached hydrogen (secondary N) is 1. The number of aryl methyl sites for hydroxylation is 2. The number of aromatic amines is 1. The average Bonchev–Trinajstić information content (AvgIpc) is 2.84. The minimum atomic E-state index is -0.490. The first kappa shape index (κ1) is 18.2. The first-order chi connectivity index (χ1) is 12.4. The Bertz CT molecular complexity index is 830. The maximum atomic E-state index is 12.7. The van der Waals surface area contributed by atoms with Gasteiger partial charge in [-0.3, -0.25) is 9.69 Å². The zero-order chi connectivity index (χ0) is 18.7. The van der Waals surface area contributed by atoms with E-state index in [1.165, 1.54) is 0 Å². The number of likely N-dealkylation sites (tertiary alicyclic amines) is 1. The Hall–Kier alpha value is -2.55. The normalized spacial score (nSPS) is 18.2.